The second-order valence-corrected chi connectivity index (χ2v) is 5.77. The highest BCUT2D eigenvalue weighted by Crippen LogP contribution is 2.28. The van der Waals surface area contributed by atoms with Crippen LogP contribution in [0.4, 0.5) is 5.69 Å². The highest BCUT2D eigenvalue weighted by Gasteiger charge is 2.23. The van der Waals surface area contributed by atoms with Gasteiger partial charge < -0.3 is 11.1 Å². The molecule has 1 aromatic carbocycles. The van der Waals surface area contributed by atoms with Gasteiger partial charge in [0.1, 0.15) is 4.47 Å². The van der Waals surface area contributed by atoms with Crippen molar-refractivity contribution in [3.05, 3.63) is 38.3 Å². The summed E-state index contributed by atoms with van der Waals surface area (Å²) in [6.07, 6.45) is 3.47. The first-order chi connectivity index (χ1) is 9.49. The average Bonchev–Trinajstić information content (AvgIpc) is 2.41. The van der Waals surface area contributed by atoms with Crippen LogP contribution < -0.4 is 11.1 Å². The molecule has 108 valence electrons. The number of nitrogens with zero attached hydrogens (tertiary/aromatic N) is 1. The van der Waals surface area contributed by atoms with Gasteiger partial charge in [0.2, 0.25) is 0 Å². The maximum absolute atomic E-state index is 12.2. The Hall–Kier alpha value is -1.47. The number of nitro groups is 1. The summed E-state index contributed by atoms with van der Waals surface area (Å²) in [6, 6.07) is 4.75. The molecule has 0 unspecified atom stereocenters. The Morgan fingerprint density at radius 2 is 2.00 bits per heavy atom. The number of carbonyl (C=O) groups is 1. The maximum atomic E-state index is 12.2. The average molecular weight is 342 g/mol. The Bertz CT molecular complexity index is 528. The Balaban J connectivity index is 2.10. The molecule has 1 aromatic rings. The van der Waals surface area contributed by atoms with Crippen LogP contribution >= 0.6 is 15.9 Å². The van der Waals surface area contributed by atoms with E-state index in [2.05, 4.69) is 21.2 Å². The van der Waals surface area contributed by atoms with Gasteiger partial charge in [-0.2, -0.15) is 0 Å². The van der Waals surface area contributed by atoms with E-state index in [9.17, 15) is 14.9 Å². The smallest absolute Gasteiger partial charge is 0.284 e. The standard InChI is InChI=1S/C13H16BrN3O3/c14-12-10(2-1-3-11(12)17(19)20)13(18)16-9-6-4-8(15)5-7-9/h1-3,8-9H,4-7,15H2,(H,16,18). The Kier molecular flexibility index (Phi) is 4.72. The van der Waals surface area contributed by atoms with Crippen LogP contribution in [0.15, 0.2) is 22.7 Å². The van der Waals surface area contributed by atoms with Crippen molar-refractivity contribution in [2.75, 3.05) is 0 Å². The van der Waals surface area contributed by atoms with Gasteiger partial charge in [0.15, 0.2) is 0 Å². The molecule has 0 aliphatic heterocycles. The fraction of sp³-hybridized carbons (Fsp3) is 0.462. The van der Waals surface area contributed by atoms with Crippen molar-refractivity contribution in [1.82, 2.24) is 5.32 Å². The second-order valence-electron chi connectivity index (χ2n) is 4.98. The zero-order valence-electron chi connectivity index (χ0n) is 10.8. The summed E-state index contributed by atoms with van der Waals surface area (Å²) < 4.78 is 0.218. The summed E-state index contributed by atoms with van der Waals surface area (Å²) in [5.41, 5.74) is 6.00. The number of nitrogens with two attached hydrogens (primary N) is 1. The molecule has 0 heterocycles. The molecule has 3 N–H and O–H groups in total. The van der Waals surface area contributed by atoms with Gasteiger partial charge in [0.25, 0.3) is 11.6 Å². The SMILES string of the molecule is NC1CCC(NC(=O)c2cccc([N+](=O)[O-])c2Br)CC1. The lowest BCUT2D eigenvalue weighted by Crippen LogP contribution is -2.40. The third-order valence-corrected chi connectivity index (χ3v) is 4.36. The van der Waals surface area contributed by atoms with Crippen LogP contribution in [0.3, 0.4) is 0 Å². The molecule has 1 saturated carbocycles. The molecule has 2 rings (SSSR count). The zero-order chi connectivity index (χ0) is 14.7. The molecule has 0 saturated heterocycles. The lowest BCUT2D eigenvalue weighted by atomic mass is 9.91. The van der Waals surface area contributed by atoms with E-state index in [1.54, 1.807) is 6.07 Å². The maximum Gasteiger partial charge on any atom is 0.284 e. The second kappa shape index (κ2) is 6.32. The molecule has 1 aliphatic rings. The van der Waals surface area contributed by atoms with Gasteiger partial charge in [0.05, 0.1) is 10.5 Å². The lowest BCUT2D eigenvalue weighted by Gasteiger charge is -2.26. The van der Waals surface area contributed by atoms with Gasteiger partial charge in [-0.05, 0) is 47.7 Å². The van der Waals surface area contributed by atoms with Gasteiger partial charge in [-0.1, -0.05) is 6.07 Å². The van der Waals surface area contributed by atoms with Crippen molar-refractivity contribution in [2.24, 2.45) is 5.73 Å². The molecule has 0 spiro atoms. The number of nitro benzene ring substituents is 1. The van der Waals surface area contributed by atoms with Crippen molar-refractivity contribution < 1.29 is 9.72 Å². The molecule has 20 heavy (non-hydrogen) atoms. The molecule has 0 radical (unpaired) electrons. The third-order valence-electron chi connectivity index (χ3n) is 3.53. The number of benzene rings is 1. The number of amides is 1. The van der Waals surface area contributed by atoms with E-state index < -0.39 is 4.92 Å². The molecular weight excluding hydrogens is 326 g/mol. The summed E-state index contributed by atoms with van der Waals surface area (Å²) in [5.74, 6) is -0.291. The van der Waals surface area contributed by atoms with Gasteiger partial charge >= 0.3 is 0 Å². The molecule has 0 aromatic heterocycles. The number of rotatable bonds is 3. The van der Waals surface area contributed by atoms with Crippen LogP contribution in [0.2, 0.25) is 0 Å². The molecule has 0 atom stereocenters. The minimum atomic E-state index is -0.513. The third kappa shape index (κ3) is 3.34. The van der Waals surface area contributed by atoms with Crippen molar-refractivity contribution in [3.8, 4) is 0 Å². The predicted octanol–water partition coefficient (Wildman–Crippen LogP) is 2.36. The number of hydrogen-bond donors (Lipinski definition) is 2. The summed E-state index contributed by atoms with van der Waals surface area (Å²) in [4.78, 5) is 22.5. The van der Waals surface area contributed by atoms with Crippen molar-refractivity contribution in [3.63, 3.8) is 0 Å². The predicted molar refractivity (Wildman–Crippen MR) is 78.5 cm³/mol. The highest BCUT2D eigenvalue weighted by molar-refractivity contribution is 9.10. The van der Waals surface area contributed by atoms with E-state index in [1.807, 2.05) is 0 Å². The van der Waals surface area contributed by atoms with Crippen LogP contribution in [0.5, 0.6) is 0 Å². The largest absolute Gasteiger partial charge is 0.349 e. The van der Waals surface area contributed by atoms with Crippen LogP contribution in [0.1, 0.15) is 36.0 Å². The first-order valence-electron chi connectivity index (χ1n) is 6.48. The molecule has 1 fully saturated rings. The van der Waals surface area contributed by atoms with E-state index in [-0.39, 0.29) is 33.7 Å². The Labute approximate surface area is 125 Å². The summed E-state index contributed by atoms with van der Waals surface area (Å²) >= 11 is 3.13. The fourth-order valence-corrected chi connectivity index (χ4v) is 2.95. The van der Waals surface area contributed by atoms with Gasteiger partial charge in [-0.15, -0.1) is 0 Å². The quantitative estimate of drug-likeness (QED) is 0.651. The van der Waals surface area contributed by atoms with Gasteiger partial charge in [0, 0.05) is 18.2 Å². The summed E-state index contributed by atoms with van der Waals surface area (Å²) in [6.45, 7) is 0. The van der Waals surface area contributed by atoms with Crippen molar-refractivity contribution in [1.29, 1.82) is 0 Å². The molecule has 1 amide bonds. The molecular formula is C13H16BrN3O3. The molecule has 6 nitrogen and oxygen atoms in total. The first-order valence-corrected chi connectivity index (χ1v) is 7.27. The topological polar surface area (TPSA) is 98.3 Å². The van der Waals surface area contributed by atoms with E-state index in [1.165, 1.54) is 12.1 Å². The number of halogens is 1. The Morgan fingerprint density at radius 3 is 2.60 bits per heavy atom. The van der Waals surface area contributed by atoms with E-state index >= 15 is 0 Å². The lowest BCUT2D eigenvalue weighted by molar-refractivity contribution is -0.385. The van der Waals surface area contributed by atoms with Crippen LogP contribution in [0.25, 0.3) is 0 Å². The van der Waals surface area contributed by atoms with Crippen molar-refractivity contribution >= 4 is 27.5 Å². The summed E-state index contributed by atoms with van der Waals surface area (Å²) in [7, 11) is 0. The highest BCUT2D eigenvalue weighted by atomic mass is 79.9. The minimum absolute atomic E-state index is 0.0912. The molecule has 7 heteroatoms. The zero-order valence-corrected chi connectivity index (χ0v) is 12.4. The van der Waals surface area contributed by atoms with E-state index in [0.717, 1.165) is 25.7 Å². The number of hydrogen-bond acceptors (Lipinski definition) is 4. The molecule has 0 bridgehead atoms. The van der Waals surface area contributed by atoms with E-state index in [0.29, 0.717) is 0 Å². The normalized spacial score (nSPS) is 22.3. The first kappa shape index (κ1) is 14.9. The minimum Gasteiger partial charge on any atom is -0.349 e. The molecule has 1 aliphatic carbocycles. The van der Waals surface area contributed by atoms with Gasteiger partial charge in [-0.3, -0.25) is 14.9 Å². The van der Waals surface area contributed by atoms with Crippen LogP contribution in [0, 0.1) is 10.1 Å². The Morgan fingerprint density at radius 1 is 1.35 bits per heavy atom. The number of carbonyl (C=O) groups excluding carboxylic acids is 1. The van der Waals surface area contributed by atoms with E-state index in [4.69, 9.17) is 5.73 Å². The van der Waals surface area contributed by atoms with Crippen molar-refractivity contribution in [2.45, 2.75) is 37.8 Å². The van der Waals surface area contributed by atoms with Crippen LogP contribution in [-0.2, 0) is 0 Å². The van der Waals surface area contributed by atoms with Crippen LogP contribution in [-0.4, -0.2) is 22.9 Å². The monoisotopic (exact) mass is 341 g/mol. The summed E-state index contributed by atoms with van der Waals surface area (Å²) in [5, 5.41) is 13.8. The fourth-order valence-electron chi connectivity index (χ4n) is 2.36. The number of nitrogens with one attached hydrogen (secondary N) is 1. The van der Waals surface area contributed by atoms with Gasteiger partial charge in [-0.25, -0.2) is 0 Å².